The summed E-state index contributed by atoms with van der Waals surface area (Å²) in [4.78, 5) is 25.3. The van der Waals surface area contributed by atoms with Gasteiger partial charge in [-0.05, 0) is 59.3 Å². The number of ether oxygens (including phenoxy) is 3. The first kappa shape index (κ1) is 27.2. The van der Waals surface area contributed by atoms with Crippen LogP contribution in [0.25, 0.3) is 0 Å². The number of hydrogen-bond donors (Lipinski definition) is 1. The molecule has 0 fully saturated rings. The van der Waals surface area contributed by atoms with Crippen LogP contribution in [-0.4, -0.2) is 35.3 Å². The fraction of sp³-hybridized carbons (Fsp3) is 0.174. The van der Waals surface area contributed by atoms with Crippen LogP contribution in [0, 0.1) is 42.1 Å². The largest absolute Gasteiger partial charge is 0.493 e. The van der Waals surface area contributed by atoms with Gasteiger partial charge in [0.1, 0.15) is 11.6 Å². The van der Waals surface area contributed by atoms with Gasteiger partial charge < -0.3 is 14.2 Å². The van der Waals surface area contributed by atoms with Gasteiger partial charge in [-0.25, -0.2) is 4.98 Å². The maximum absolute atomic E-state index is 11.5. The Kier molecular flexibility index (Phi) is 8.87. The van der Waals surface area contributed by atoms with E-state index >= 15 is 0 Å². The van der Waals surface area contributed by atoms with Crippen LogP contribution < -0.4 is 14.9 Å². The number of non-ortho nitro benzene ring substituents is 1. The molecule has 0 aliphatic rings. The zero-order chi connectivity index (χ0) is 27.1. The Morgan fingerprint density at radius 3 is 2.54 bits per heavy atom. The van der Waals surface area contributed by atoms with E-state index in [2.05, 4.69) is 21.6 Å². The molecule has 1 N–H and O–H groups in total. The highest BCUT2D eigenvalue weighted by molar-refractivity contribution is 14.1. The van der Waals surface area contributed by atoms with Crippen molar-refractivity contribution in [1.29, 1.82) is 5.26 Å². The number of halogens is 1. The van der Waals surface area contributed by atoms with Gasteiger partial charge >= 0.3 is 5.69 Å². The first-order valence-corrected chi connectivity index (χ1v) is 11.4. The molecule has 0 amide bonds. The Morgan fingerprint density at radius 2 is 1.92 bits per heavy atom. The molecule has 0 spiro atoms. The van der Waals surface area contributed by atoms with Crippen LogP contribution >= 0.6 is 22.6 Å². The van der Waals surface area contributed by atoms with Gasteiger partial charge in [0.2, 0.25) is 5.75 Å². The summed E-state index contributed by atoms with van der Waals surface area (Å²) in [5.41, 5.74) is 4.03. The molecule has 3 rings (SSSR count). The maximum Gasteiger partial charge on any atom is 0.318 e. The Hall–Kier alpha value is -4.36. The van der Waals surface area contributed by atoms with Gasteiger partial charge in [-0.3, -0.25) is 25.7 Å². The van der Waals surface area contributed by atoms with Gasteiger partial charge in [-0.2, -0.15) is 10.4 Å². The predicted octanol–water partition coefficient (Wildman–Crippen LogP) is 5.08. The van der Waals surface area contributed by atoms with Crippen molar-refractivity contribution in [2.45, 2.75) is 13.5 Å². The molecule has 0 aliphatic carbocycles. The van der Waals surface area contributed by atoms with Gasteiger partial charge in [0, 0.05) is 24.4 Å². The van der Waals surface area contributed by atoms with Crippen molar-refractivity contribution in [2.24, 2.45) is 5.10 Å². The summed E-state index contributed by atoms with van der Waals surface area (Å²) in [6, 6.07) is 10.2. The zero-order valence-electron chi connectivity index (χ0n) is 19.7. The average molecular weight is 618 g/mol. The van der Waals surface area contributed by atoms with Gasteiger partial charge in [0.25, 0.3) is 5.69 Å². The van der Waals surface area contributed by atoms with Gasteiger partial charge in [0.15, 0.2) is 17.3 Å². The highest BCUT2D eigenvalue weighted by Crippen LogP contribution is 2.41. The number of hydrazone groups is 1. The number of rotatable bonds is 10. The third-order valence-corrected chi connectivity index (χ3v) is 5.64. The quantitative estimate of drug-likeness (QED) is 0.140. The van der Waals surface area contributed by atoms with E-state index in [0.29, 0.717) is 26.0 Å². The van der Waals surface area contributed by atoms with E-state index in [-0.39, 0.29) is 29.7 Å². The topological polar surface area (TPSA) is 175 Å². The van der Waals surface area contributed by atoms with Crippen molar-refractivity contribution in [1.82, 2.24) is 4.98 Å². The smallest absolute Gasteiger partial charge is 0.318 e. The SMILES string of the molecule is COCc1cc(C)nc(N/N=C\c2cc(I)c(Oc3ccc([N+](=O)[O-])cc3[N+](=O)[O-])c(OC)c2)c1C#N. The molecule has 3 aromatic rings. The highest BCUT2D eigenvalue weighted by Gasteiger charge is 2.23. The number of nitro groups is 2. The third kappa shape index (κ3) is 6.45. The van der Waals surface area contributed by atoms with Crippen LogP contribution in [0.3, 0.4) is 0 Å². The number of hydrogen-bond acceptors (Lipinski definition) is 11. The Morgan fingerprint density at radius 1 is 1.16 bits per heavy atom. The molecule has 190 valence electrons. The summed E-state index contributed by atoms with van der Waals surface area (Å²) < 4.78 is 16.8. The molecule has 0 radical (unpaired) electrons. The van der Waals surface area contributed by atoms with E-state index in [9.17, 15) is 25.5 Å². The first-order chi connectivity index (χ1) is 17.7. The molecular weight excluding hydrogens is 599 g/mol. The standard InChI is InChI=1S/C23H19IN6O7/c1-13-6-15(12-35-2)17(10-25)23(27-13)28-26-11-14-7-18(24)22(21(8-14)36-3)37-20-5-4-16(29(31)32)9-19(20)30(33)34/h4-9,11H,12H2,1-3H3,(H,27,28)/b26-11-. The van der Waals surface area contributed by atoms with Gasteiger partial charge in [0.05, 0.1) is 39.4 Å². The van der Waals surface area contributed by atoms with Crippen molar-refractivity contribution in [3.8, 4) is 23.3 Å². The lowest BCUT2D eigenvalue weighted by molar-refractivity contribution is -0.394. The number of nitriles is 1. The van der Waals surface area contributed by atoms with Crippen LogP contribution in [0.15, 0.2) is 41.5 Å². The average Bonchev–Trinajstić information content (AvgIpc) is 2.85. The normalized spacial score (nSPS) is 10.7. The Labute approximate surface area is 224 Å². The van der Waals surface area contributed by atoms with Gasteiger partial charge in [-0.15, -0.1) is 0 Å². The molecule has 0 atom stereocenters. The number of aryl methyl sites for hydroxylation is 1. The molecular formula is C23H19IN6O7. The number of nitrogens with one attached hydrogen (secondary N) is 1. The molecule has 1 aromatic heterocycles. The third-order valence-electron chi connectivity index (χ3n) is 4.84. The van der Waals surface area contributed by atoms with Crippen LogP contribution in [-0.2, 0) is 11.3 Å². The second kappa shape index (κ2) is 12.1. The first-order valence-electron chi connectivity index (χ1n) is 10.3. The lowest BCUT2D eigenvalue weighted by Gasteiger charge is -2.13. The summed E-state index contributed by atoms with van der Waals surface area (Å²) >= 11 is 1.97. The Bertz CT molecular complexity index is 1440. The minimum absolute atomic E-state index is 0.182. The van der Waals surface area contributed by atoms with E-state index < -0.39 is 21.2 Å². The van der Waals surface area contributed by atoms with E-state index in [1.807, 2.05) is 22.6 Å². The lowest BCUT2D eigenvalue weighted by Crippen LogP contribution is -2.03. The minimum atomic E-state index is -0.763. The summed E-state index contributed by atoms with van der Waals surface area (Å²) in [6.07, 6.45) is 1.48. The summed E-state index contributed by atoms with van der Waals surface area (Å²) in [7, 11) is 2.93. The predicted molar refractivity (Wildman–Crippen MR) is 141 cm³/mol. The summed E-state index contributed by atoms with van der Waals surface area (Å²) in [5, 5.41) is 36.2. The molecule has 0 saturated heterocycles. The van der Waals surface area contributed by atoms with E-state index in [0.717, 1.165) is 18.2 Å². The second-order valence-corrected chi connectivity index (χ2v) is 8.53. The van der Waals surface area contributed by atoms with Crippen LogP contribution in [0.2, 0.25) is 0 Å². The molecule has 13 nitrogen and oxygen atoms in total. The van der Waals surface area contributed by atoms with E-state index in [1.165, 1.54) is 20.4 Å². The number of aromatic nitrogens is 1. The van der Waals surface area contributed by atoms with Crippen LogP contribution in [0.4, 0.5) is 17.2 Å². The lowest BCUT2D eigenvalue weighted by atomic mass is 10.1. The van der Waals surface area contributed by atoms with E-state index in [4.69, 9.17) is 14.2 Å². The van der Waals surface area contributed by atoms with Gasteiger partial charge in [-0.1, -0.05) is 0 Å². The summed E-state index contributed by atoms with van der Waals surface area (Å²) in [6.45, 7) is 2.03. The van der Waals surface area contributed by atoms with Crippen molar-refractivity contribution in [2.75, 3.05) is 19.6 Å². The molecule has 1 heterocycles. The monoisotopic (exact) mass is 618 g/mol. The fourth-order valence-electron chi connectivity index (χ4n) is 3.26. The molecule has 37 heavy (non-hydrogen) atoms. The van der Waals surface area contributed by atoms with Crippen molar-refractivity contribution in [3.63, 3.8) is 0 Å². The number of anilines is 1. The number of nitrogens with zero attached hydrogens (tertiary/aromatic N) is 5. The number of methoxy groups -OCH3 is 2. The number of pyridine rings is 1. The highest BCUT2D eigenvalue weighted by atomic mass is 127. The number of nitro benzene ring substituents is 2. The van der Waals surface area contributed by atoms with Crippen molar-refractivity contribution in [3.05, 3.63) is 82.6 Å². The molecule has 14 heteroatoms. The van der Waals surface area contributed by atoms with Crippen molar-refractivity contribution >= 4 is 46.0 Å². The Balaban J connectivity index is 1.90. The zero-order valence-corrected chi connectivity index (χ0v) is 21.9. The minimum Gasteiger partial charge on any atom is -0.493 e. The van der Waals surface area contributed by atoms with E-state index in [1.54, 1.807) is 25.1 Å². The second-order valence-electron chi connectivity index (χ2n) is 7.36. The molecule has 0 saturated carbocycles. The summed E-state index contributed by atoms with van der Waals surface area (Å²) in [5.74, 6) is 0.519. The van der Waals surface area contributed by atoms with Crippen molar-refractivity contribution < 1.29 is 24.1 Å². The van der Waals surface area contributed by atoms with Crippen LogP contribution in [0.5, 0.6) is 17.2 Å². The molecule has 0 aliphatic heterocycles. The van der Waals surface area contributed by atoms with Crippen LogP contribution in [0.1, 0.15) is 22.4 Å². The molecule has 0 bridgehead atoms. The fourth-order valence-corrected chi connectivity index (χ4v) is 3.99. The number of benzene rings is 2. The molecule has 2 aromatic carbocycles. The molecule has 0 unspecified atom stereocenters. The maximum atomic E-state index is 11.5.